The number of nitrogens with one attached hydrogen (secondary N) is 1. The van der Waals surface area contributed by atoms with E-state index >= 15 is 0 Å². The first kappa shape index (κ1) is 9.67. The van der Waals surface area contributed by atoms with Gasteiger partial charge in [-0.3, -0.25) is 5.10 Å². The Hall–Kier alpha value is -0.880. The summed E-state index contributed by atoms with van der Waals surface area (Å²) in [5.41, 5.74) is 1.80. The van der Waals surface area contributed by atoms with Crippen molar-refractivity contribution in [2.75, 3.05) is 19.8 Å². The van der Waals surface area contributed by atoms with E-state index in [0.29, 0.717) is 6.54 Å². The summed E-state index contributed by atoms with van der Waals surface area (Å²) in [6.07, 6.45) is 2.03. The number of fused-ring (bicyclic) bond motifs is 1. The smallest absolute Gasteiger partial charge is 0.194 e. The molecular formula is C8H13N3O2S. The fourth-order valence-corrected chi connectivity index (χ4v) is 2.56. The normalized spacial score (nSPS) is 18.1. The molecule has 1 aromatic heterocycles. The Balaban J connectivity index is 2.51. The van der Waals surface area contributed by atoms with Crippen molar-refractivity contribution >= 4 is 9.84 Å². The van der Waals surface area contributed by atoms with E-state index < -0.39 is 9.84 Å². The zero-order valence-corrected chi connectivity index (χ0v) is 9.06. The van der Waals surface area contributed by atoms with Gasteiger partial charge < -0.3 is 4.90 Å². The van der Waals surface area contributed by atoms with E-state index in [0.717, 1.165) is 24.2 Å². The Morgan fingerprint density at radius 1 is 1.50 bits per heavy atom. The van der Waals surface area contributed by atoms with E-state index in [1.165, 1.54) is 6.26 Å². The van der Waals surface area contributed by atoms with Gasteiger partial charge in [0.25, 0.3) is 0 Å². The molecule has 0 amide bonds. The first-order valence-electron chi connectivity index (χ1n) is 4.43. The number of hydrogen-bond acceptors (Lipinski definition) is 4. The predicted molar refractivity (Wildman–Crippen MR) is 51.7 cm³/mol. The van der Waals surface area contributed by atoms with E-state index in [2.05, 4.69) is 15.1 Å². The van der Waals surface area contributed by atoms with Crippen LogP contribution < -0.4 is 0 Å². The molecule has 14 heavy (non-hydrogen) atoms. The van der Waals surface area contributed by atoms with Gasteiger partial charge in [-0.05, 0) is 7.05 Å². The number of aromatic amines is 1. The maximum atomic E-state index is 11.4. The average Bonchev–Trinajstić information content (AvgIpc) is 2.45. The highest BCUT2D eigenvalue weighted by molar-refractivity contribution is 7.90. The Morgan fingerprint density at radius 3 is 2.86 bits per heavy atom. The second kappa shape index (κ2) is 3.06. The first-order valence-corrected chi connectivity index (χ1v) is 6.32. The van der Waals surface area contributed by atoms with E-state index in [-0.39, 0.29) is 5.03 Å². The highest BCUT2D eigenvalue weighted by Crippen LogP contribution is 2.22. The highest BCUT2D eigenvalue weighted by Gasteiger charge is 2.24. The minimum absolute atomic E-state index is 0.207. The SMILES string of the molecule is CN1CCc2[nH]nc(S(C)(=O)=O)c2C1. The second-order valence-corrected chi connectivity index (χ2v) is 5.68. The molecule has 0 aromatic carbocycles. The van der Waals surface area contributed by atoms with Crippen molar-refractivity contribution < 1.29 is 8.42 Å². The molecule has 0 spiro atoms. The van der Waals surface area contributed by atoms with Crippen molar-refractivity contribution in [1.82, 2.24) is 15.1 Å². The quantitative estimate of drug-likeness (QED) is 0.704. The summed E-state index contributed by atoms with van der Waals surface area (Å²) in [4.78, 5) is 2.09. The lowest BCUT2D eigenvalue weighted by molar-refractivity contribution is 0.309. The molecule has 1 aliphatic rings. The van der Waals surface area contributed by atoms with Gasteiger partial charge in [0.15, 0.2) is 14.9 Å². The minimum Gasteiger partial charge on any atom is -0.302 e. The number of likely N-dealkylation sites (N-methyl/N-ethyl adjacent to an activating group) is 1. The Bertz CT molecular complexity index is 449. The van der Waals surface area contributed by atoms with E-state index in [1.54, 1.807) is 0 Å². The fourth-order valence-electron chi connectivity index (χ4n) is 1.71. The molecule has 1 aromatic rings. The van der Waals surface area contributed by atoms with Gasteiger partial charge in [0, 0.05) is 37.0 Å². The topological polar surface area (TPSA) is 66.1 Å². The van der Waals surface area contributed by atoms with Gasteiger partial charge in [-0.1, -0.05) is 0 Å². The molecule has 0 aliphatic carbocycles. The summed E-state index contributed by atoms with van der Waals surface area (Å²) >= 11 is 0. The minimum atomic E-state index is -3.19. The van der Waals surface area contributed by atoms with Crippen LogP contribution in [-0.2, 0) is 22.8 Å². The Morgan fingerprint density at radius 2 is 2.21 bits per heavy atom. The summed E-state index contributed by atoms with van der Waals surface area (Å²) < 4.78 is 22.7. The van der Waals surface area contributed by atoms with Crippen LogP contribution in [0.4, 0.5) is 0 Å². The number of H-pyrrole nitrogens is 1. The van der Waals surface area contributed by atoms with Gasteiger partial charge >= 0.3 is 0 Å². The standard InChI is InChI=1S/C8H13N3O2S/c1-11-4-3-7-6(5-11)8(10-9-7)14(2,12)13/h3-5H2,1-2H3,(H,9,10). The lowest BCUT2D eigenvalue weighted by atomic mass is 10.1. The lowest BCUT2D eigenvalue weighted by Crippen LogP contribution is -2.26. The maximum absolute atomic E-state index is 11.4. The van der Waals surface area contributed by atoms with Crippen LogP contribution in [0, 0.1) is 0 Å². The van der Waals surface area contributed by atoms with Crippen LogP contribution in [0.15, 0.2) is 5.03 Å². The van der Waals surface area contributed by atoms with Crippen molar-refractivity contribution in [3.8, 4) is 0 Å². The first-order chi connectivity index (χ1) is 6.48. The van der Waals surface area contributed by atoms with Crippen LogP contribution in [0.2, 0.25) is 0 Å². The Labute approximate surface area is 83.0 Å². The van der Waals surface area contributed by atoms with Crippen LogP contribution >= 0.6 is 0 Å². The molecule has 0 saturated carbocycles. The molecule has 0 fully saturated rings. The van der Waals surface area contributed by atoms with Crippen molar-refractivity contribution in [3.05, 3.63) is 11.3 Å². The van der Waals surface area contributed by atoms with Gasteiger partial charge in [0.1, 0.15) is 0 Å². The van der Waals surface area contributed by atoms with Crippen molar-refractivity contribution in [2.24, 2.45) is 0 Å². The highest BCUT2D eigenvalue weighted by atomic mass is 32.2. The predicted octanol–water partition coefficient (Wildman–Crippen LogP) is -0.199. The molecule has 0 atom stereocenters. The van der Waals surface area contributed by atoms with Crippen molar-refractivity contribution in [2.45, 2.75) is 18.0 Å². The molecular weight excluding hydrogens is 202 g/mol. The molecule has 78 valence electrons. The molecule has 5 nitrogen and oxygen atoms in total. The number of hydrogen-bond donors (Lipinski definition) is 1. The van der Waals surface area contributed by atoms with Crippen molar-refractivity contribution in [3.63, 3.8) is 0 Å². The molecule has 1 aliphatic heterocycles. The summed E-state index contributed by atoms with van der Waals surface area (Å²) in [5.74, 6) is 0. The summed E-state index contributed by atoms with van der Waals surface area (Å²) in [7, 11) is -1.22. The molecule has 2 heterocycles. The number of aromatic nitrogens is 2. The third kappa shape index (κ3) is 1.55. The summed E-state index contributed by atoms with van der Waals surface area (Å²) in [5, 5.41) is 6.87. The third-order valence-corrected chi connectivity index (χ3v) is 3.48. The van der Waals surface area contributed by atoms with Gasteiger partial charge in [-0.15, -0.1) is 0 Å². The Kier molecular flexibility index (Phi) is 2.11. The van der Waals surface area contributed by atoms with Gasteiger partial charge in [-0.2, -0.15) is 5.10 Å². The maximum Gasteiger partial charge on any atom is 0.194 e. The number of sulfone groups is 1. The zero-order valence-electron chi connectivity index (χ0n) is 8.24. The lowest BCUT2D eigenvalue weighted by Gasteiger charge is -2.21. The molecule has 0 saturated heterocycles. The van der Waals surface area contributed by atoms with Crippen LogP contribution in [-0.4, -0.2) is 43.4 Å². The molecule has 6 heteroatoms. The van der Waals surface area contributed by atoms with Crippen molar-refractivity contribution in [1.29, 1.82) is 0 Å². The average molecular weight is 215 g/mol. The molecule has 2 rings (SSSR count). The summed E-state index contributed by atoms with van der Waals surface area (Å²) in [6.45, 7) is 1.60. The zero-order chi connectivity index (χ0) is 10.3. The fraction of sp³-hybridized carbons (Fsp3) is 0.625. The second-order valence-electron chi connectivity index (χ2n) is 3.75. The third-order valence-electron chi connectivity index (χ3n) is 2.44. The van der Waals surface area contributed by atoms with Gasteiger partial charge in [0.05, 0.1) is 0 Å². The van der Waals surface area contributed by atoms with Gasteiger partial charge in [-0.25, -0.2) is 8.42 Å². The van der Waals surface area contributed by atoms with Crippen LogP contribution in [0.5, 0.6) is 0 Å². The van der Waals surface area contributed by atoms with Crippen LogP contribution in [0.3, 0.4) is 0 Å². The van der Waals surface area contributed by atoms with E-state index in [1.807, 2.05) is 7.05 Å². The molecule has 0 bridgehead atoms. The summed E-state index contributed by atoms with van der Waals surface area (Å²) in [6, 6.07) is 0. The van der Waals surface area contributed by atoms with Crippen LogP contribution in [0.1, 0.15) is 11.3 Å². The monoisotopic (exact) mass is 215 g/mol. The van der Waals surface area contributed by atoms with Gasteiger partial charge in [0.2, 0.25) is 0 Å². The molecule has 0 radical (unpaired) electrons. The number of rotatable bonds is 1. The molecule has 0 unspecified atom stereocenters. The number of nitrogens with zero attached hydrogens (tertiary/aromatic N) is 2. The van der Waals surface area contributed by atoms with E-state index in [4.69, 9.17) is 0 Å². The van der Waals surface area contributed by atoms with Crippen LogP contribution in [0.25, 0.3) is 0 Å². The van der Waals surface area contributed by atoms with E-state index in [9.17, 15) is 8.42 Å². The molecule has 1 N–H and O–H groups in total. The largest absolute Gasteiger partial charge is 0.302 e.